The third kappa shape index (κ3) is 5.03. The van der Waals surface area contributed by atoms with Gasteiger partial charge in [-0.05, 0) is 35.6 Å². The van der Waals surface area contributed by atoms with Crippen LogP contribution in [0.5, 0.6) is 0 Å². The van der Waals surface area contributed by atoms with E-state index >= 15 is 0 Å². The molecule has 0 fully saturated rings. The fourth-order valence-electron chi connectivity index (χ4n) is 2.50. The third-order valence-electron chi connectivity index (χ3n) is 3.88. The summed E-state index contributed by atoms with van der Waals surface area (Å²) in [7, 11) is 0. The second-order valence-corrected chi connectivity index (χ2v) is 5.62. The molecule has 1 N–H and O–H groups in total. The van der Waals surface area contributed by atoms with Crippen molar-refractivity contribution in [2.24, 2.45) is 0 Å². The highest BCUT2D eigenvalue weighted by Crippen LogP contribution is 2.15. The quantitative estimate of drug-likeness (QED) is 0.305. The van der Waals surface area contributed by atoms with Crippen molar-refractivity contribution in [3.63, 3.8) is 0 Å². The van der Waals surface area contributed by atoms with Gasteiger partial charge in [-0.1, -0.05) is 74.4 Å². The highest BCUT2D eigenvalue weighted by atomic mass is 16.1. The summed E-state index contributed by atoms with van der Waals surface area (Å²) in [5.41, 5.74) is 3.86. The molecule has 118 valence electrons. The van der Waals surface area contributed by atoms with E-state index in [0.717, 1.165) is 17.5 Å². The van der Waals surface area contributed by atoms with Gasteiger partial charge in [-0.15, -0.1) is 0 Å². The van der Waals surface area contributed by atoms with Crippen LogP contribution in [0.3, 0.4) is 0 Å². The van der Waals surface area contributed by atoms with E-state index in [1.165, 1.54) is 31.0 Å². The lowest BCUT2D eigenvalue weighted by Crippen LogP contribution is -1.95. The molecule has 0 aliphatic heterocycles. The molecule has 0 spiro atoms. The van der Waals surface area contributed by atoms with Crippen molar-refractivity contribution in [2.45, 2.75) is 32.6 Å². The number of hydrogen-bond acceptors (Lipinski definition) is 2. The van der Waals surface area contributed by atoms with Crippen LogP contribution in [-0.2, 0) is 6.42 Å². The molecule has 0 atom stereocenters. The van der Waals surface area contributed by atoms with Crippen LogP contribution in [0.1, 0.15) is 53.2 Å². The molecular formula is C21H23NO. The molecule has 0 aliphatic carbocycles. The van der Waals surface area contributed by atoms with E-state index in [9.17, 15) is 4.79 Å². The van der Waals surface area contributed by atoms with Crippen LogP contribution in [0.2, 0.25) is 0 Å². The number of nitrogens with one attached hydrogen (secondary N) is 1. The fourth-order valence-corrected chi connectivity index (χ4v) is 2.50. The van der Waals surface area contributed by atoms with E-state index in [0.29, 0.717) is 5.56 Å². The molecule has 23 heavy (non-hydrogen) atoms. The fraction of sp³-hybridized carbons (Fsp3) is 0.238. The minimum absolute atomic E-state index is 0.00936. The molecule has 0 saturated carbocycles. The normalized spacial score (nSPS) is 10.8. The summed E-state index contributed by atoms with van der Waals surface area (Å²) in [4.78, 5) is 12.2. The van der Waals surface area contributed by atoms with Crippen molar-refractivity contribution in [1.82, 2.24) is 0 Å². The largest absolute Gasteiger partial charge is 0.308 e. The van der Waals surface area contributed by atoms with Crippen molar-refractivity contribution in [1.29, 1.82) is 5.41 Å². The van der Waals surface area contributed by atoms with Gasteiger partial charge >= 0.3 is 0 Å². The smallest absolute Gasteiger partial charge is 0.185 e. The minimum atomic E-state index is -0.00936. The van der Waals surface area contributed by atoms with Crippen molar-refractivity contribution in [2.75, 3.05) is 0 Å². The molecule has 0 aromatic heterocycles. The van der Waals surface area contributed by atoms with Crippen LogP contribution in [0, 0.1) is 5.41 Å². The molecule has 0 saturated heterocycles. The van der Waals surface area contributed by atoms with Gasteiger partial charge in [-0.2, -0.15) is 0 Å². The third-order valence-corrected chi connectivity index (χ3v) is 3.88. The summed E-state index contributed by atoms with van der Waals surface area (Å²) in [6, 6.07) is 15.4. The second-order valence-electron chi connectivity index (χ2n) is 5.62. The number of rotatable bonds is 8. The zero-order chi connectivity index (χ0) is 16.5. The number of benzene rings is 2. The Morgan fingerprint density at radius 3 is 2.48 bits per heavy atom. The van der Waals surface area contributed by atoms with Crippen molar-refractivity contribution < 1.29 is 4.79 Å². The van der Waals surface area contributed by atoms with Crippen LogP contribution in [0.15, 0.2) is 54.6 Å². The molecule has 0 bridgehead atoms. The van der Waals surface area contributed by atoms with E-state index in [-0.39, 0.29) is 5.78 Å². The summed E-state index contributed by atoms with van der Waals surface area (Å²) in [6.07, 6.45) is 9.50. The zero-order valence-electron chi connectivity index (χ0n) is 13.6. The van der Waals surface area contributed by atoms with Crippen LogP contribution >= 0.6 is 0 Å². The first-order valence-corrected chi connectivity index (χ1v) is 8.15. The lowest BCUT2D eigenvalue weighted by Gasteiger charge is -2.05. The van der Waals surface area contributed by atoms with Gasteiger partial charge in [0, 0.05) is 11.8 Å². The molecule has 0 radical (unpaired) electrons. The average molecular weight is 305 g/mol. The highest BCUT2D eigenvalue weighted by Gasteiger charge is 2.03. The van der Waals surface area contributed by atoms with Gasteiger partial charge in [-0.25, -0.2) is 0 Å². The Bertz CT molecular complexity index is 683. The molecule has 0 heterocycles. The van der Waals surface area contributed by atoms with Crippen LogP contribution in [0.25, 0.3) is 6.08 Å². The Morgan fingerprint density at radius 1 is 1.04 bits per heavy atom. The summed E-state index contributed by atoms with van der Waals surface area (Å²) >= 11 is 0. The predicted octanol–water partition coefficient (Wildman–Crippen LogP) is 5.31. The first-order chi connectivity index (χ1) is 11.2. The number of hydrogen-bond donors (Lipinski definition) is 1. The standard InChI is InChI=1S/C21H23NO/c1-2-3-4-7-18-8-5-6-9-19(18)14-15-21(23)20-12-10-17(16-22)11-13-20/h5-6,8-16,22H,2-4,7H2,1H3/b15-14-,22-16?. The Morgan fingerprint density at radius 2 is 1.78 bits per heavy atom. The summed E-state index contributed by atoms with van der Waals surface area (Å²) in [5.74, 6) is -0.00936. The Labute approximate surface area is 138 Å². The number of carbonyl (C=O) groups excluding carboxylic acids is 1. The number of carbonyl (C=O) groups is 1. The number of allylic oxidation sites excluding steroid dienone is 1. The monoisotopic (exact) mass is 305 g/mol. The van der Waals surface area contributed by atoms with Gasteiger partial charge in [0.1, 0.15) is 0 Å². The lowest BCUT2D eigenvalue weighted by atomic mass is 10.00. The average Bonchev–Trinajstić information content (AvgIpc) is 2.61. The first-order valence-electron chi connectivity index (χ1n) is 8.15. The van der Waals surface area contributed by atoms with E-state index in [4.69, 9.17) is 5.41 Å². The SMILES string of the molecule is CCCCCc1ccccc1/C=C\C(=O)c1ccc(C=N)cc1. The van der Waals surface area contributed by atoms with E-state index in [1.54, 1.807) is 30.3 Å². The molecule has 2 heteroatoms. The molecule has 0 aliphatic rings. The molecule has 2 aromatic carbocycles. The van der Waals surface area contributed by atoms with Crippen molar-refractivity contribution in [3.8, 4) is 0 Å². The maximum atomic E-state index is 12.2. The Kier molecular flexibility index (Phi) is 6.49. The van der Waals surface area contributed by atoms with Gasteiger partial charge < -0.3 is 5.41 Å². The summed E-state index contributed by atoms with van der Waals surface area (Å²) in [5, 5.41) is 7.18. The highest BCUT2D eigenvalue weighted by molar-refractivity contribution is 6.07. The summed E-state index contributed by atoms with van der Waals surface area (Å²) < 4.78 is 0. The molecule has 2 nitrogen and oxygen atoms in total. The minimum Gasteiger partial charge on any atom is -0.308 e. The van der Waals surface area contributed by atoms with E-state index in [1.807, 2.05) is 12.1 Å². The van der Waals surface area contributed by atoms with Gasteiger partial charge in [0.05, 0.1) is 0 Å². The lowest BCUT2D eigenvalue weighted by molar-refractivity contribution is 0.104. The maximum Gasteiger partial charge on any atom is 0.185 e. The van der Waals surface area contributed by atoms with Crippen LogP contribution < -0.4 is 0 Å². The molecule has 2 aromatic rings. The van der Waals surface area contributed by atoms with Gasteiger partial charge in [-0.3, -0.25) is 4.79 Å². The van der Waals surface area contributed by atoms with Crippen molar-refractivity contribution in [3.05, 3.63) is 76.9 Å². The molecule has 0 unspecified atom stereocenters. The Hall–Kier alpha value is -2.48. The van der Waals surface area contributed by atoms with Gasteiger partial charge in [0.15, 0.2) is 5.78 Å². The number of ketones is 1. The van der Waals surface area contributed by atoms with Crippen molar-refractivity contribution >= 4 is 18.1 Å². The second kappa shape index (κ2) is 8.84. The first kappa shape index (κ1) is 16.9. The van der Waals surface area contributed by atoms with Crippen LogP contribution in [-0.4, -0.2) is 12.0 Å². The topological polar surface area (TPSA) is 40.9 Å². The number of unbranched alkanes of at least 4 members (excludes halogenated alkanes) is 2. The van der Waals surface area contributed by atoms with Gasteiger partial charge in [0.2, 0.25) is 0 Å². The molecule has 0 amide bonds. The summed E-state index contributed by atoms with van der Waals surface area (Å²) in [6.45, 7) is 2.20. The zero-order valence-corrected chi connectivity index (χ0v) is 13.6. The number of aryl methyl sites for hydroxylation is 1. The molecular weight excluding hydrogens is 282 g/mol. The van der Waals surface area contributed by atoms with Crippen LogP contribution in [0.4, 0.5) is 0 Å². The van der Waals surface area contributed by atoms with E-state index < -0.39 is 0 Å². The molecule has 2 rings (SSSR count). The van der Waals surface area contributed by atoms with E-state index in [2.05, 4.69) is 25.1 Å². The van der Waals surface area contributed by atoms with Gasteiger partial charge in [0.25, 0.3) is 0 Å². The Balaban J connectivity index is 2.09. The predicted molar refractivity (Wildman–Crippen MR) is 97.4 cm³/mol. The maximum absolute atomic E-state index is 12.2.